The molecule has 0 saturated carbocycles. The first-order valence-electron chi connectivity index (χ1n) is 6.50. The van der Waals surface area contributed by atoms with Gasteiger partial charge in [0.25, 0.3) is 0 Å². The Kier molecular flexibility index (Phi) is 3.51. The molecule has 0 amide bonds. The number of aryl methyl sites for hydroxylation is 3. The van der Waals surface area contributed by atoms with E-state index in [0.717, 1.165) is 17.0 Å². The first-order chi connectivity index (χ1) is 8.90. The Morgan fingerprint density at radius 3 is 2.47 bits per heavy atom. The maximum atomic E-state index is 6.06. The predicted molar refractivity (Wildman–Crippen MR) is 77.8 cm³/mol. The Bertz CT molecular complexity index is 600. The highest BCUT2D eigenvalue weighted by molar-refractivity contribution is 5.54. The fraction of sp³-hybridized carbons (Fsp3) is 0.400. The minimum atomic E-state index is 0.205. The molecule has 0 aliphatic rings. The fourth-order valence-electron chi connectivity index (χ4n) is 2.01. The van der Waals surface area contributed by atoms with Crippen molar-refractivity contribution in [2.45, 2.75) is 40.7 Å². The van der Waals surface area contributed by atoms with Crippen molar-refractivity contribution >= 4 is 5.69 Å². The molecule has 0 atom stereocenters. The molecule has 1 aromatic carbocycles. The third-order valence-electron chi connectivity index (χ3n) is 3.11. The number of hydrogen-bond acceptors (Lipinski definition) is 3. The number of nitrogen functional groups attached to an aromatic ring is 1. The van der Waals surface area contributed by atoms with Crippen LogP contribution in [0.4, 0.5) is 5.69 Å². The van der Waals surface area contributed by atoms with Crippen molar-refractivity contribution in [3.8, 4) is 11.6 Å². The summed E-state index contributed by atoms with van der Waals surface area (Å²) in [6, 6.07) is 6.30. The number of ether oxygens (including phenoxy) is 1. The van der Waals surface area contributed by atoms with Crippen LogP contribution >= 0.6 is 0 Å². The smallest absolute Gasteiger partial charge is 0.241 e. The molecule has 0 aliphatic carbocycles. The Morgan fingerprint density at radius 1 is 1.21 bits per heavy atom. The lowest BCUT2D eigenvalue weighted by atomic mass is 10.1. The quantitative estimate of drug-likeness (QED) is 0.913. The summed E-state index contributed by atoms with van der Waals surface area (Å²) >= 11 is 0. The highest BCUT2D eigenvalue weighted by Crippen LogP contribution is 2.33. The summed E-state index contributed by atoms with van der Waals surface area (Å²) < 4.78 is 7.81. The number of benzene rings is 1. The molecule has 2 aromatic rings. The molecule has 102 valence electrons. The molecule has 19 heavy (non-hydrogen) atoms. The number of aromatic nitrogens is 2. The van der Waals surface area contributed by atoms with Gasteiger partial charge in [-0.3, -0.25) is 0 Å². The third-order valence-corrected chi connectivity index (χ3v) is 3.11. The number of rotatable bonds is 3. The van der Waals surface area contributed by atoms with Crippen LogP contribution in [0, 0.1) is 20.8 Å². The molecule has 0 bridgehead atoms. The Labute approximate surface area is 114 Å². The maximum absolute atomic E-state index is 6.06. The minimum Gasteiger partial charge on any atom is -0.437 e. The van der Waals surface area contributed by atoms with Gasteiger partial charge in [0.1, 0.15) is 11.4 Å². The molecule has 0 radical (unpaired) electrons. The van der Waals surface area contributed by atoms with Crippen LogP contribution in [0.25, 0.3) is 0 Å². The van der Waals surface area contributed by atoms with Gasteiger partial charge in [-0.15, -0.1) is 0 Å². The van der Waals surface area contributed by atoms with Crippen LogP contribution in [0.2, 0.25) is 0 Å². The van der Waals surface area contributed by atoms with E-state index in [-0.39, 0.29) is 6.04 Å². The van der Waals surface area contributed by atoms with Gasteiger partial charge in [0.05, 0.1) is 11.7 Å². The molecule has 4 heteroatoms. The van der Waals surface area contributed by atoms with E-state index in [2.05, 4.69) is 31.9 Å². The second-order valence-electron chi connectivity index (χ2n) is 5.21. The summed E-state index contributed by atoms with van der Waals surface area (Å²) in [5.41, 5.74) is 9.77. The Balaban J connectivity index is 2.43. The number of hydrogen-bond donors (Lipinski definition) is 1. The van der Waals surface area contributed by atoms with Crippen molar-refractivity contribution in [3.05, 3.63) is 35.0 Å². The average Bonchev–Trinajstić information content (AvgIpc) is 2.61. The van der Waals surface area contributed by atoms with Gasteiger partial charge in [0, 0.05) is 0 Å². The van der Waals surface area contributed by atoms with Gasteiger partial charge < -0.3 is 10.5 Å². The van der Waals surface area contributed by atoms with Gasteiger partial charge in [-0.2, -0.15) is 5.10 Å². The lowest BCUT2D eigenvalue weighted by Gasteiger charge is -2.14. The summed E-state index contributed by atoms with van der Waals surface area (Å²) in [5, 5.41) is 4.42. The van der Waals surface area contributed by atoms with Crippen molar-refractivity contribution in [1.82, 2.24) is 9.78 Å². The van der Waals surface area contributed by atoms with Crippen molar-refractivity contribution in [1.29, 1.82) is 0 Å². The number of anilines is 1. The second-order valence-corrected chi connectivity index (χ2v) is 5.21. The lowest BCUT2D eigenvalue weighted by molar-refractivity contribution is 0.388. The maximum Gasteiger partial charge on any atom is 0.241 e. The standard InChI is InChI=1S/C15H21N3O/c1-9(2)18-15(14(16)12(5)17-18)19-13-7-6-10(3)8-11(13)4/h6-9H,16H2,1-5H3. The van der Waals surface area contributed by atoms with Crippen LogP contribution in [0.3, 0.4) is 0 Å². The van der Waals surface area contributed by atoms with Gasteiger partial charge in [-0.25, -0.2) is 4.68 Å². The molecule has 0 fully saturated rings. The molecule has 2 N–H and O–H groups in total. The molecule has 0 unspecified atom stereocenters. The molecule has 2 rings (SSSR count). The van der Waals surface area contributed by atoms with E-state index in [4.69, 9.17) is 10.5 Å². The van der Waals surface area contributed by atoms with Crippen molar-refractivity contribution in [2.75, 3.05) is 5.73 Å². The predicted octanol–water partition coefficient (Wildman–Crippen LogP) is 3.76. The van der Waals surface area contributed by atoms with Crippen LogP contribution in [0.5, 0.6) is 11.6 Å². The summed E-state index contributed by atoms with van der Waals surface area (Å²) in [6.07, 6.45) is 0. The van der Waals surface area contributed by atoms with Crippen molar-refractivity contribution in [3.63, 3.8) is 0 Å². The molecular weight excluding hydrogens is 238 g/mol. The van der Waals surface area contributed by atoms with E-state index in [1.807, 2.05) is 30.7 Å². The molecule has 0 spiro atoms. The zero-order valence-electron chi connectivity index (χ0n) is 12.2. The molecule has 1 heterocycles. The SMILES string of the molecule is Cc1ccc(Oc2c(N)c(C)nn2C(C)C)c(C)c1. The minimum absolute atomic E-state index is 0.205. The van der Waals surface area contributed by atoms with E-state index >= 15 is 0 Å². The normalized spacial score (nSPS) is 11.1. The molecule has 1 aromatic heterocycles. The monoisotopic (exact) mass is 259 g/mol. The molecule has 4 nitrogen and oxygen atoms in total. The third kappa shape index (κ3) is 2.57. The summed E-state index contributed by atoms with van der Waals surface area (Å²) in [4.78, 5) is 0. The summed E-state index contributed by atoms with van der Waals surface area (Å²) in [5.74, 6) is 1.44. The van der Waals surface area contributed by atoms with Gasteiger partial charge in [0.15, 0.2) is 0 Å². The summed E-state index contributed by atoms with van der Waals surface area (Å²) in [6.45, 7) is 10.1. The van der Waals surface area contributed by atoms with E-state index in [0.29, 0.717) is 11.6 Å². The molecule has 0 aliphatic heterocycles. The zero-order chi connectivity index (χ0) is 14.2. The van der Waals surface area contributed by atoms with Gasteiger partial charge in [-0.05, 0) is 46.2 Å². The first kappa shape index (κ1) is 13.5. The second kappa shape index (κ2) is 4.96. The van der Waals surface area contributed by atoms with Crippen molar-refractivity contribution in [2.24, 2.45) is 0 Å². The zero-order valence-corrected chi connectivity index (χ0v) is 12.2. The molecular formula is C15H21N3O. The van der Waals surface area contributed by atoms with Gasteiger partial charge >= 0.3 is 0 Å². The van der Waals surface area contributed by atoms with Crippen LogP contribution in [-0.2, 0) is 0 Å². The Morgan fingerprint density at radius 2 is 1.89 bits per heavy atom. The molecule has 0 saturated heterocycles. The highest BCUT2D eigenvalue weighted by Gasteiger charge is 2.17. The van der Waals surface area contributed by atoms with Crippen LogP contribution in [0.15, 0.2) is 18.2 Å². The van der Waals surface area contributed by atoms with E-state index < -0.39 is 0 Å². The number of nitrogens with two attached hydrogens (primary N) is 1. The lowest BCUT2D eigenvalue weighted by Crippen LogP contribution is -2.06. The van der Waals surface area contributed by atoms with Crippen LogP contribution in [0.1, 0.15) is 36.7 Å². The van der Waals surface area contributed by atoms with Crippen molar-refractivity contribution < 1.29 is 4.74 Å². The largest absolute Gasteiger partial charge is 0.437 e. The van der Waals surface area contributed by atoms with Crippen LogP contribution in [-0.4, -0.2) is 9.78 Å². The summed E-state index contributed by atoms with van der Waals surface area (Å²) in [7, 11) is 0. The average molecular weight is 259 g/mol. The van der Waals surface area contributed by atoms with E-state index in [1.54, 1.807) is 0 Å². The van der Waals surface area contributed by atoms with E-state index in [1.165, 1.54) is 5.56 Å². The first-order valence-corrected chi connectivity index (χ1v) is 6.50. The van der Waals surface area contributed by atoms with Crippen LogP contribution < -0.4 is 10.5 Å². The fourth-order valence-corrected chi connectivity index (χ4v) is 2.01. The topological polar surface area (TPSA) is 53.1 Å². The van der Waals surface area contributed by atoms with E-state index in [9.17, 15) is 0 Å². The van der Waals surface area contributed by atoms with Gasteiger partial charge in [-0.1, -0.05) is 17.7 Å². The highest BCUT2D eigenvalue weighted by atomic mass is 16.5. The number of nitrogens with zero attached hydrogens (tertiary/aromatic N) is 2. The Hall–Kier alpha value is -1.97. The van der Waals surface area contributed by atoms with Gasteiger partial charge in [0.2, 0.25) is 5.88 Å².